The van der Waals surface area contributed by atoms with Crippen molar-refractivity contribution in [3.05, 3.63) is 12.7 Å². The Balaban J connectivity index is 2.10. The summed E-state index contributed by atoms with van der Waals surface area (Å²) in [6.45, 7) is -0.835. The van der Waals surface area contributed by atoms with Crippen molar-refractivity contribution in [3.8, 4) is 5.88 Å². The number of hydrogen-bond donors (Lipinski definition) is 4. The first-order valence-electron chi connectivity index (χ1n) is 6.89. The van der Waals surface area contributed by atoms with E-state index >= 15 is 0 Å². The molecule has 22 heavy (non-hydrogen) atoms. The molecule has 2 aromatic heterocycles. The monoisotopic (exact) mass is 310 g/mol. The van der Waals surface area contributed by atoms with E-state index in [1.165, 1.54) is 19.8 Å². The Bertz CT molecular complexity index is 677. The maximum atomic E-state index is 10.4. The van der Waals surface area contributed by atoms with Gasteiger partial charge in [-0.05, 0) is 6.42 Å². The minimum Gasteiger partial charge on any atom is -0.479 e. The van der Waals surface area contributed by atoms with Crippen LogP contribution in [0.15, 0.2) is 12.7 Å². The summed E-state index contributed by atoms with van der Waals surface area (Å²) in [5.74, 6) is -0.139. The molecule has 0 amide bonds. The van der Waals surface area contributed by atoms with Crippen molar-refractivity contribution in [3.63, 3.8) is 0 Å². The summed E-state index contributed by atoms with van der Waals surface area (Å²) in [5.41, 5.74) is -0.809. The van der Waals surface area contributed by atoms with Gasteiger partial charge in [-0.2, -0.15) is 4.98 Å². The summed E-state index contributed by atoms with van der Waals surface area (Å²) >= 11 is 0. The summed E-state index contributed by atoms with van der Waals surface area (Å²) < 4.78 is 6.70. The summed E-state index contributed by atoms with van der Waals surface area (Å²) in [6.07, 6.45) is 1.59. The number of hydrogen-bond acceptors (Lipinski definition) is 8. The third-order valence-electron chi connectivity index (χ3n) is 4.32. The second kappa shape index (κ2) is 5.43. The van der Waals surface area contributed by atoms with E-state index in [9.17, 15) is 20.4 Å². The molecule has 1 fully saturated rings. The highest BCUT2D eigenvalue weighted by atomic mass is 16.5. The van der Waals surface area contributed by atoms with Gasteiger partial charge in [0.15, 0.2) is 11.2 Å². The number of imidazole rings is 1. The zero-order chi connectivity index (χ0) is 15.9. The third-order valence-corrected chi connectivity index (χ3v) is 4.32. The lowest BCUT2D eigenvalue weighted by atomic mass is 10.0. The lowest BCUT2D eigenvalue weighted by Crippen LogP contribution is -2.43. The molecule has 2 heterocycles. The number of aromatic nitrogens is 4. The molecule has 4 atom stereocenters. The van der Waals surface area contributed by atoms with Gasteiger partial charge in [-0.25, -0.2) is 9.97 Å². The van der Waals surface area contributed by atoms with E-state index in [0.29, 0.717) is 17.0 Å². The highest BCUT2D eigenvalue weighted by Crippen LogP contribution is 2.43. The van der Waals surface area contributed by atoms with Crippen molar-refractivity contribution in [2.75, 3.05) is 20.3 Å². The maximum Gasteiger partial charge on any atom is 0.245 e. The van der Waals surface area contributed by atoms with Crippen LogP contribution < -0.4 is 4.74 Å². The molecule has 0 aliphatic heterocycles. The Kier molecular flexibility index (Phi) is 3.73. The number of aliphatic hydroxyl groups excluding tert-OH is 3. The number of nitrogens with zero attached hydrogens (tertiary/aromatic N) is 4. The molecule has 120 valence electrons. The molecule has 0 unspecified atom stereocenters. The SMILES string of the molecule is COc1ncnc2c1ncn2[C@H]1[C@@H](CO)C[C@](O)(CO)[C@@H]1O. The van der Waals surface area contributed by atoms with Gasteiger partial charge in [0, 0.05) is 12.5 Å². The summed E-state index contributed by atoms with van der Waals surface area (Å²) in [7, 11) is 1.46. The van der Waals surface area contributed by atoms with E-state index in [2.05, 4.69) is 15.0 Å². The Hall–Kier alpha value is -1.81. The summed E-state index contributed by atoms with van der Waals surface area (Å²) in [6, 6.07) is -0.660. The first-order chi connectivity index (χ1) is 10.6. The molecule has 3 rings (SSSR count). The second-order valence-electron chi connectivity index (χ2n) is 5.55. The topological polar surface area (TPSA) is 134 Å². The molecule has 9 heteroatoms. The first-order valence-corrected chi connectivity index (χ1v) is 6.89. The lowest BCUT2D eigenvalue weighted by Gasteiger charge is -2.27. The number of ether oxygens (including phenoxy) is 1. The van der Waals surface area contributed by atoms with E-state index in [4.69, 9.17) is 4.74 Å². The number of aliphatic hydroxyl groups is 4. The molecule has 0 radical (unpaired) electrons. The molecular formula is C13H18N4O5. The van der Waals surface area contributed by atoms with Gasteiger partial charge in [0.05, 0.1) is 26.1 Å². The summed E-state index contributed by atoms with van der Waals surface area (Å²) in [5, 5.41) is 39.6. The fourth-order valence-electron chi connectivity index (χ4n) is 3.18. The van der Waals surface area contributed by atoms with Crippen LogP contribution >= 0.6 is 0 Å². The Morgan fingerprint density at radius 2 is 2.14 bits per heavy atom. The van der Waals surface area contributed by atoms with Crippen LogP contribution in [-0.4, -0.2) is 72.0 Å². The minimum absolute atomic E-state index is 0.0771. The molecule has 1 saturated carbocycles. The number of rotatable bonds is 4. The van der Waals surface area contributed by atoms with Crippen molar-refractivity contribution < 1.29 is 25.2 Å². The van der Waals surface area contributed by atoms with Crippen LogP contribution in [0.25, 0.3) is 11.2 Å². The van der Waals surface area contributed by atoms with Crippen molar-refractivity contribution in [2.24, 2.45) is 5.92 Å². The highest BCUT2D eigenvalue weighted by Gasteiger charge is 2.52. The van der Waals surface area contributed by atoms with Gasteiger partial charge < -0.3 is 29.7 Å². The van der Waals surface area contributed by atoms with Gasteiger partial charge in [-0.15, -0.1) is 0 Å². The predicted molar refractivity (Wildman–Crippen MR) is 74.1 cm³/mol. The smallest absolute Gasteiger partial charge is 0.245 e. The number of fused-ring (bicyclic) bond motifs is 1. The molecule has 0 spiro atoms. The predicted octanol–water partition coefficient (Wildman–Crippen LogP) is -1.53. The quantitative estimate of drug-likeness (QED) is 0.534. The maximum absolute atomic E-state index is 10.4. The third kappa shape index (κ3) is 2.05. The minimum atomic E-state index is -1.66. The van der Waals surface area contributed by atoms with Gasteiger partial charge in [0.1, 0.15) is 18.0 Å². The molecular weight excluding hydrogens is 292 g/mol. The molecule has 0 bridgehead atoms. The average Bonchev–Trinajstić information content (AvgIpc) is 3.07. The normalized spacial score (nSPS) is 31.8. The van der Waals surface area contributed by atoms with Crippen LogP contribution in [0, 0.1) is 5.92 Å². The van der Waals surface area contributed by atoms with Crippen LogP contribution in [-0.2, 0) is 0 Å². The van der Waals surface area contributed by atoms with Gasteiger partial charge in [-0.3, -0.25) is 0 Å². The molecule has 0 aromatic carbocycles. The van der Waals surface area contributed by atoms with Crippen LogP contribution in [0.1, 0.15) is 12.5 Å². The van der Waals surface area contributed by atoms with Crippen LogP contribution in [0.3, 0.4) is 0 Å². The van der Waals surface area contributed by atoms with Crippen molar-refractivity contribution in [1.82, 2.24) is 19.5 Å². The molecule has 2 aromatic rings. The number of methoxy groups -OCH3 is 1. The molecule has 9 nitrogen and oxygen atoms in total. The fourth-order valence-corrected chi connectivity index (χ4v) is 3.18. The van der Waals surface area contributed by atoms with Gasteiger partial charge in [-0.1, -0.05) is 0 Å². The second-order valence-corrected chi connectivity index (χ2v) is 5.55. The summed E-state index contributed by atoms with van der Waals surface area (Å²) in [4.78, 5) is 12.3. The van der Waals surface area contributed by atoms with Gasteiger partial charge in [0.2, 0.25) is 5.88 Å². The Morgan fingerprint density at radius 1 is 1.36 bits per heavy atom. The van der Waals surface area contributed by atoms with E-state index < -0.39 is 30.3 Å². The molecule has 4 N–H and O–H groups in total. The van der Waals surface area contributed by atoms with E-state index in [1.807, 2.05) is 0 Å². The zero-order valence-electron chi connectivity index (χ0n) is 12.0. The molecule has 1 aliphatic carbocycles. The van der Waals surface area contributed by atoms with Gasteiger partial charge in [0.25, 0.3) is 0 Å². The fraction of sp³-hybridized carbons (Fsp3) is 0.615. The highest BCUT2D eigenvalue weighted by molar-refractivity contribution is 5.76. The van der Waals surface area contributed by atoms with Crippen LogP contribution in [0.5, 0.6) is 5.88 Å². The van der Waals surface area contributed by atoms with Crippen molar-refractivity contribution in [1.29, 1.82) is 0 Å². The van der Waals surface area contributed by atoms with E-state index in [1.54, 1.807) is 4.57 Å². The Morgan fingerprint density at radius 3 is 2.77 bits per heavy atom. The van der Waals surface area contributed by atoms with Crippen molar-refractivity contribution in [2.45, 2.75) is 24.2 Å². The standard InChI is InChI=1S/C13H18N4O5/c1-22-12-8-11(14-5-15-12)17(6-16-8)9-7(3-18)2-13(21,4-19)10(9)20/h5-7,9-10,18-21H,2-4H2,1H3/t7-,9+,10-,13+/m1/s1. The van der Waals surface area contributed by atoms with E-state index in [0.717, 1.165) is 0 Å². The molecule has 1 aliphatic rings. The average molecular weight is 310 g/mol. The van der Waals surface area contributed by atoms with Crippen LogP contribution in [0.2, 0.25) is 0 Å². The van der Waals surface area contributed by atoms with Crippen LogP contribution in [0.4, 0.5) is 0 Å². The van der Waals surface area contributed by atoms with E-state index in [-0.39, 0.29) is 13.0 Å². The first kappa shape index (κ1) is 15.1. The van der Waals surface area contributed by atoms with Gasteiger partial charge >= 0.3 is 0 Å². The zero-order valence-corrected chi connectivity index (χ0v) is 12.0. The Labute approximate surface area is 125 Å². The molecule has 0 saturated heterocycles. The largest absolute Gasteiger partial charge is 0.479 e. The lowest BCUT2D eigenvalue weighted by molar-refractivity contribution is -0.0944. The van der Waals surface area contributed by atoms with Crippen molar-refractivity contribution >= 4 is 11.2 Å².